The minimum Gasteiger partial charge on any atom is -0.377 e. The smallest absolute Gasteiger partial charge is 0.156 e. The van der Waals surface area contributed by atoms with Crippen LogP contribution in [-0.4, -0.2) is 17.1 Å². The van der Waals surface area contributed by atoms with Gasteiger partial charge in [0.2, 0.25) is 0 Å². The minimum absolute atomic E-state index is 0.356. The summed E-state index contributed by atoms with van der Waals surface area (Å²) in [5.74, 6) is 0.588. The first-order valence-electron chi connectivity index (χ1n) is 5.13. The van der Waals surface area contributed by atoms with E-state index in [-0.39, 0.29) is 0 Å². The summed E-state index contributed by atoms with van der Waals surface area (Å²) in [6, 6.07) is 9.75. The molecule has 0 bridgehead atoms. The van der Waals surface area contributed by atoms with Crippen LogP contribution in [0.1, 0.15) is 5.82 Å². The van der Waals surface area contributed by atoms with Gasteiger partial charge in [-0.05, 0) is 24.3 Å². The van der Waals surface area contributed by atoms with Crippen LogP contribution >= 0.6 is 39.3 Å². The lowest BCUT2D eigenvalue weighted by atomic mass is 10.4. The maximum atomic E-state index is 5.95. The third-order valence-corrected chi connectivity index (χ3v) is 3.68. The van der Waals surface area contributed by atoms with Crippen LogP contribution in [0.5, 0.6) is 0 Å². The summed E-state index contributed by atoms with van der Waals surface area (Å²) in [7, 11) is 1.60. The Morgan fingerprint density at radius 1 is 1.28 bits per heavy atom. The lowest BCUT2D eigenvalue weighted by Crippen LogP contribution is -1.98. The molecule has 2 rings (SSSR count). The van der Waals surface area contributed by atoms with Crippen LogP contribution in [-0.2, 0) is 11.3 Å². The summed E-state index contributed by atoms with van der Waals surface area (Å²) in [6.45, 7) is 0.356. The zero-order valence-electron chi connectivity index (χ0n) is 9.56. The van der Waals surface area contributed by atoms with Gasteiger partial charge in [0.15, 0.2) is 5.82 Å². The second kappa shape index (κ2) is 6.52. The van der Waals surface area contributed by atoms with Crippen LogP contribution < -0.4 is 0 Å². The molecular formula is C12H10BrClN2OS. The van der Waals surface area contributed by atoms with E-state index >= 15 is 0 Å². The van der Waals surface area contributed by atoms with Crippen LogP contribution in [0.15, 0.2) is 44.7 Å². The molecule has 0 unspecified atom stereocenters. The Morgan fingerprint density at radius 2 is 2.00 bits per heavy atom. The third-order valence-electron chi connectivity index (χ3n) is 2.03. The molecule has 0 N–H and O–H groups in total. The van der Waals surface area contributed by atoms with Crippen LogP contribution in [0, 0.1) is 0 Å². The van der Waals surface area contributed by atoms with Crippen molar-refractivity contribution in [2.75, 3.05) is 7.11 Å². The van der Waals surface area contributed by atoms with Gasteiger partial charge in [-0.3, -0.25) is 0 Å². The molecule has 0 saturated heterocycles. The van der Waals surface area contributed by atoms with Gasteiger partial charge in [0.25, 0.3) is 0 Å². The molecule has 0 fully saturated rings. The Kier molecular flexibility index (Phi) is 5.00. The maximum absolute atomic E-state index is 5.95. The number of hydrogen-bond acceptors (Lipinski definition) is 4. The average molecular weight is 346 g/mol. The standard InChI is InChI=1S/C12H10BrClN2OS/c1-17-7-11-15-10(14)6-12(16-11)18-9-4-2-8(13)3-5-9/h2-6H,7H2,1H3. The summed E-state index contributed by atoms with van der Waals surface area (Å²) in [4.78, 5) is 9.55. The SMILES string of the molecule is COCc1nc(Cl)cc(Sc2ccc(Br)cc2)n1. The van der Waals surface area contributed by atoms with Crippen LogP contribution in [0.2, 0.25) is 5.15 Å². The van der Waals surface area contributed by atoms with E-state index < -0.39 is 0 Å². The summed E-state index contributed by atoms with van der Waals surface area (Å²) >= 11 is 10.9. The van der Waals surface area contributed by atoms with Gasteiger partial charge in [0.1, 0.15) is 16.8 Å². The molecule has 2 aromatic rings. The monoisotopic (exact) mass is 344 g/mol. The van der Waals surface area contributed by atoms with Gasteiger partial charge in [-0.15, -0.1) is 0 Å². The van der Waals surface area contributed by atoms with Gasteiger partial charge >= 0.3 is 0 Å². The van der Waals surface area contributed by atoms with Crippen molar-refractivity contribution in [1.82, 2.24) is 9.97 Å². The van der Waals surface area contributed by atoms with E-state index in [0.717, 1.165) is 14.4 Å². The number of ether oxygens (including phenoxy) is 1. The highest BCUT2D eigenvalue weighted by Gasteiger charge is 2.05. The fourth-order valence-electron chi connectivity index (χ4n) is 1.31. The normalized spacial score (nSPS) is 10.6. The number of hydrogen-bond donors (Lipinski definition) is 0. The molecule has 0 radical (unpaired) electrons. The fourth-order valence-corrected chi connectivity index (χ4v) is 2.68. The van der Waals surface area contributed by atoms with E-state index in [0.29, 0.717) is 17.6 Å². The number of methoxy groups -OCH3 is 1. The van der Waals surface area contributed by atoms with Crippen molar-refractivity contribution in [1.29, 1.82) is 0 Å². The molecule has 1 heterocycles. The molecule has 18 heavy (non-hydrogen) atoms. The van der Waals surface area contributed by atoms with Gasteiger partial charge in [-0.25, -0.2) is 9.97 Å². The predicted molar refractivity (Wildman–Crippen MR) is 76.0 cm³/mol. The number of aromatic nitrogens is 2. The summed E-state index contributed by atoms with van der Waals surface area (Å²) in [5, 5.41) is 1.24. The molecule has 94 valence electrons. The minimum atomic E-state index is 0.356. The first-order valence-corrected chi connectivity index (χ1v) is 7.12. The van der Waals surface area contributed by atoms with E-state index in [9.17, 15) is 0 Å². The van der Waals surface area contributed by atoms with E-state index in [4.69, 9.17) is 16.3 Å². The summed E-state index contributed by atoms with van der Waals surface area (Å²) in [5.41, 5.74) is 0. The van der Waals surface area contributed by atoms with E-state index in [1.54, 1.807) is 13.2 Å². The van der Waals surface area contributed by atoms with Gasteiger partial charge in [-0.1, -0.05) is 39.3 Å². The van der Waals surface area contributed by atoms with Gasteiger partial charge in [0, 0.05) is 22.5 Å². The molecule has 1 aromatic carbocycles. The van der Waals surface area contributed by atoms with E-state index in [1.807, 2.05) is 24.3 Å². The second-order valence-corrected chi connectivity index (χ2v) is 5.83. The fraction of sp³-hybridized carbons (Fsp3) is 0.167. The Hall–Kier alpha value is -0.620. The molecule has 0 atom stereocenters. The lowest BCUT2D eigenvalue weighted by molar-refractivity contribution is 0.177. The summed E-state index contributed by atoms with van der Waals surface area (Å²) in [6.07, 6.45) is 0. The van der Waals surface area contributed by atoms with Crippen molar-refractivity contribution in [2.24, 2.45) is 0 Å². The Morgan fingerprint density at radius 3 is 2.67 bits per heavy atom. The molecule has 0 amide bonds. The highest BCUT2D eigenvalue weighted by atomic mass is 79.9. The van der Waals surface area contributed by atoms with Crippen molar-refractivity contribution in [3.63, 3.8) is 0 Å². The molecular weight excluding hydrogens is 336 g/mol. The predicted octanol–water partition coefficient (Wildman–Crippen LogP) is 4.19. The zero-order valence-corrected chi connectivity index (χ0v) is 12.7. The van der Waals surface area contributed by atoms with E-state index in [2.05, 4.69) is 25.9 Å². The lowest BCUT2D eigenvalue weighted by Gasteiger charge is -2.04. The maximum Gasteiger partial charge on any atom is 0.156 e. The Labute approximate surface area is 123 Å². The summed E-state index contributed by atoms with van der Waals surface area (Å²) < 4.78 is 6.05. The highest BCUT2D eigenvalue weighted by molar-refractivity contribution is 9.10. The van der Waals surface area contributed by atoms with Gasteiger partial charge in [0.05, 0.1) is 0 Å². The number of benzene rings is 1. The zero-order chi connectivity index (χ0) is 13.0. The molecule has 3 nitrogen and oxygen atoms in total. The van der Waals surface area contributed by atoms with Crippen molar-refractivity contribution < 1.29 is 4.74 Å². The molecule has 0 aliphatic heterocycles. The number of rotatable bonds is 4. The van der Waals surface area contributed by atoms with Crippen molar-refractivity contribution in [3.05, 3.63) is 45.8 Å². The Balaban J connectivity index is 2.20. The molecule has 6 heteroatoms. The van der Waals surface area contributed by atoms with Crippen LogP contribution in [0.25, 0.3) is 0 Å². The first-order chi connectivity index (χ1) is 8.67. The van der Waals surface area contributed by atoms with Crippen molar-refractivity contribution in [2.45, 2.75) is 16.5 Å². The van der Waals surface area contributed by atoms with Crippen LogP contribution in [0.4, 0.5) is 0 Å². The van der Waals surface area contributed by atoms with E-state index in [1.165, 1.54) is 11.8 Å². The Bertz CT molecular complexity index is 536. The molecule has 0 aliphatic rings. The largest absolute Gasteiger partial charge is 0.377 e. The third kappa shape index (κ3) is 3.95. The van der Waals surface area contributed by atoms with Gasteiger partial charge < -0.3 is 4.74 Å². The van der Waals surface area contributed by atoms with Gasteiger partial charge in [-0.2, -0.15) is 0 Å². The number of halogens is 2. The average Bonchev–Trinajstić information content (AvgIpc) is 2.32. The second-order valence-electron chi connectivity index (χ2n) is 3.43. The van der Waals surface area contributed by atoms with Crippen molar-refractivity contribution in [3.8, 4) is 0 Å². The first kappa shape index (κ1) is 13.8. The van der Waals surface area contributed by atoms with Crippen LogP contribution in [0.3, 0.4) is 0 Å². The topological polar surface area (TPSA) is 35.0 Å². The molecule has 0 saturated carbocycles. The highest BCUT2D eigenvalue weighted by Crippen LogP contribution is 2.28. The number of nitrogens with zero attached hydrogens (tertiary/aromatic N) is 2. The molecule has 1 aromatic heterocycles. The molecule has 0 spiro atoms. The molecule has 0 aliphatic carbocycles. The van der Waals surface area contributed by atoms with Crippen molar-refractivity contribution >= 4 is 39.3 Å². The quantitative estimate of drug-likeness (QED) is 0.778.